The molecule has 2 N–H and O–H groups in total. The van der Waals surface area contributed by atoms with Gasteiger partial charge < -0.3 is 20.1 Å². The lowest BCUT2D eigenvalue weighted by molar-refractivity contribution is 0.114. The van der Waals surface area contributed by atoms with Gasteiger partial charge in [-0.25, -0.2) is 4.99 Å². The first kappa shape index (κ1) is 18.1. The largest absolute Gasteiger partial charge is 0.490 e. The van der Waals surface area contributed by atoms with Gasteiger partial charge in [0.2, 0.25) is 0 Å². The van der Waals surface area contributed by atoms with E-state index >= 15 is 0 Å². The third kappa shape index (κ3) is 5.63. The maximum absolute atomic E-state index is 6.21. The van der Waals surface area contributed by atoms with E-state index in [1.807, 2.05) is 6.07 Å². The van der Waals surface area contributed by atoms with Crippen molar-refractivity contribution in [3.63, 3.8) is 0 Å². The second-order valence-corrected chi connectivity index (χ2v) is 6.84. The molecule has 1 aromatic rings. The number of nitrogens with zero attached hydrogens (tertiary/aromatic N) is 1. The molecule has 1 aliphatic carbocycles. The van der Waals surface area contributed by atoms with Crippen molar-refractivity contribution in [2.24, 2.45) is 4.99 Å². The Balaban J connectivity index is 1.58. The number of para-hydroxylation sites is 1. The maximum atomic E-state index is 6.21. The van der Waals surface area contributed by atoms with Crippen LogP contribution in [0, 0.1) is 0 Å². The van der Waals surface area contributed by atoms with Gasteiger partial charge in [0, 0.05) is 25.3 Å². The Morgan fingerprint density at radius 1 is 1.16 bits per heavy atom. The van der Waals surface area contributed by atoms with Crippen molar-refractivity contribution in [1.29, 1.82) is 0 Å². The SMILES string of the molecule is CCNC(=NCc1ccccc1OC1CCCC1)NCC1CCCO1. The Morgan fingerprint density at radius 3 is 2.76 bits per heavy atom. The van der Waals surface area contributed by atoms with E-state index < -0.39 is 0 Å². The van der Waals surface area contributed by atoms with Crippen LogP contribution in [0.15, 0.2) is 29.3 Å². The van der Waals surface area contributed by atoms with Crippen LogP contribution in [0.3, 0.4) is 0 Å². The lowest BCUT2D eigenvalue weighted by Gasteiger charge is -2.17. The van der Waals surface area contributed by atoms with Crippen LogP contribution in [0.4, 0.5) is 0 Å². The Hall–Kier alpha value is -1.75. The van der Waals surface area contributed by atoms with Crippen LogP contribution in [0.1, 0.15) is 51.0 Å². The number of nitrogens with one attached hydrogen (secondary N) is 2. The zero-order chi connectivity index (χ0) is 17.3. The van der Waals surface area contributed by atoms with Crippen molar-refractivity contribution >= 4 is 5.96 Å². The van der Waals surface area contributed by atoms with Gasteiger partial charge >= 0.3 is 0 Å². The summed E-state index contributed by atoms with van der Waals surface area (Å²) in [6.07, 6.45) is 7.87. The molecule has 3 rings (SSSR count). The first-order valence-corrected chi connectivity index (χ1v) is 9.73. The summed E-state index contributed by atoms with van der Waals surface area (Å²) in [7, 11) is 0. The molecular formula is C20H31N3O2. The Kier molecular flexibility index (Phi) is 6.98. The number of ether oxygens (including phenoxy) is 2. The van der Waals surface area contributed by atoms with E-state index in [1.165, 1.54) is 25.7 Å². The van der Waals surface area contributed by atoms with Crippen molar-refractivity contribution in [2.45, 2.75) is 64.2 Å². The molecule has 25 heavy (non-hydrogen) atoms. The van der Waals surface area contributed by atoms with Gasteiger partial charge in [0.15, 0.2) is 5.96 Å². The summed E-state index contributed by atoms with van der Waals surface area (Å²) >= 11 is 0. The molecule has 138 valence electrons. The summed E-state index contributed by atoms with van der Waals surface area (Å²) < 4.78 is 11.9. The number of rotatable bonds is 7. The van der Waals surface area contributed by atoms with Gasteiger partial charge in [-0.15, -0.1) is 0 Å². The maximum Gasteiger partial charge on any atom is 0.191 e. The first-order chi connectivity index (χ1) is 12.3. The molecule has 2 fully saturated rings. The Labute approximate surface area is 151 Å². The average molecular weight is 345 g/mol. The van der Waals surface area contributed by atoms with Crippen molar-refractivity contribution in [3.8, 4) is 5.75 Å². The summed E-state index contributed by atoms with van der Waals surface area (Å²) in [5.74, 6) is 1.82. The van der Waals surface area contributed by atoms with Crippen LogP contribution in [0.25, 0.3) is 0 Å². The molecule has 5 heteroatoms. The minimum Gasteiger partial charge on any atom is -0.490 e. The third-order valence-electron chi connectivity index (χ3n) is 4.84. The van der Waals surface area contributed by atoms with E-state index in [2.05, 4.69) is 35.8 Å². The number of benzene rings is 1. The van der Waals surface area contributed by atoms with Crippen LogP contribution in [0.2, 0.25) is 0 Å². The zero-order valence-corrected chi connectivity index (χ0v) is 15.3. The van der Waals surface area contributed by atoms with E-state index in [0.717, 1.165) is 49.8 Å². The minimum atomic E-state index is 0.307. The zero-order valence-electron chi connectivity index (χ0n) is 15.3. The molecule has 0 radical (unpaired) electrons. The average Bonchev–Trinajstić information content (AvgIpc) is 3.32. The predicted molar refractivity (Wildman–Crippen MR) is 101 cm³/mol. The van der Waals surface area contributed by atoms with Gasteiger partial charge in [0.25, 0.3) is 0 Å². The van der Waals surface area contributed by atoms with E-state index in [1.54, 1.807) is 0 Å². The van der Waals surface area contributed by atoms with Gasteiger partial charge in [-0.3, -0.25) is 0 Å². The lowest BCUT2D eigenvalue weighted by atomic mass is 10.2. The van der Waals surface area contributed by atoms with E-state index in [4.69, 9.17) is 14.5 Å². The molecule has 1 unspecified atom stereocenters. The van der Waals surface area contributed by atoms with Gasteiger partial charge in [0.05, 0.1) is 18.8 Å². The number of hydrogen-bond acceptors (Lipinski definition) is 3. The van der Waals surface area contributed by atoms with Gasteiger partial charge in [-0.2, -0.15) is 0 Å². The van der Waals surface area contributed by atoms with Crippen LogP contribution in [-0.2, 0) is 11.3 Å². The Bertz CT molecular complexity index is 550. The molecule has 0 aromatic heterocycles. The standard InChI is InChI=1S/C20H31N3O2/c1-2-21-20(23-15-18-11-7-13-24-18)22-14-16-8-3-6-12-19(16)25-17-9-4-5-10-17/h3,6,8,12,17-18H,2,4-5,7,9-11,13-15H2,1H3,(H2,21,22,23). The first-order valence-electron chi connectivity index (χ1n) is 9.73. The molecule has 0 amide bonds. The molecule has 1 aliphatic heterocycles. The summed E-state index contributed by atoms with van der Waals surface area (Å²) in [5.41, 5.74) is 1.14. The van der Waals surface area contributed by atoms with Crippen LogP contribution < -0.4 is 15.4 Å². The lowest BCUT2D eigenvalue weighted by Crippen LogP contribution is -2.41. The van der Waals surface area contributed by atoms with Crippen LogP contribution in [-0.4, -0.2) is 37.9 Å². The fraction of sp³-hybridized carbons (Fsp3) is 0.650. The minimum absolute atomic E-state index is 0.307. The van der Waals surface area contributed by atoms with Crippen molar-refractivity contribution in [3.05, 3.63) is 29.8 Å². The predicted octanol–water partition coefficient (Wildman–Crippen LogP) is 3.24. The summed E-state index contributed by atoms with van der Waals surface area (Å²) in [6, 6.07) is 8.27. The topological polar surface area (TPSA) is 54.9 Å². The highest BCUT2D eigenvalue weighted by Crippen LogP contribution is 2.27. The molecule has 0 spiro atoms. The van der Waals surface area contributed by atoms with Crippen LogP contribution >= 0.6 is 0 Å². The highest BCUT2D eigenvalue weighted by atomic mass is 16.5. The van der Waals surface area contributed by atoms with E-state index in [0.29, 0.717) is 18.8 Å². The van der Waals surface area contributed by atoms with Crippen LogP contribution in [0.5, 0.6) is 5.75 Å². The molecule has 0 bridgehead atoms. The molecule has 1 aromatic carbocycles. The number of aliphatic imine (C=N–C) groups is 1. The molecule has 1 saturated heterocycles. The smallest absolute Gasteiger partial charge is 0.191 e. The monoisotopic (exact) mass is 345 g/mol. The number of hydrogen-bond donors (Lipinski definition) is 2. The number of guanidine groups is 1. The molecule has 2 aliphatic rings. The summed E-state index contributed by atoms with van der Waals surface area (Å²) in [6.45, 7) is 5.24. The molecule has 5 nitrogen and oxygen atoms in total. The third-order valence-corrected chi connectivity index (χ3v) is 4.84. The van der Waals surface area contributed by atoms with Crippen molar-refractivity contribution < 1.29 is 9.47 Å². The second-order valence-electron chi connectivity index (χ2n) is 6.84. The Morgan fingerprint density at radius 2 is 2.00 bits per heavy atom. The van der Waals surface area contributed by atoms with E-state index in [-0.39, 0.29) is 0 Å². The van der Waals surface area contributed by atoms with Gasteiger partial charge in [-0.1, -0.05) is 18.2 Å². The molecular weight excluding hydrogens is 314 g/mol. The molecule has 1 heterocycles. The fourth-order valence-electron chi connectivity index (χ4n) is 3.46. The van der Waals surface area contributed by atoms with Crippen molar-refractivity contribution in [1.82, 2.24) is 10.6 Å². The summed E-state index contributed by atoms with van der Waals surface area (Å²) in [5, 5.41) is 6.71. The van der Waals surface area contributed by atoms with Gasteiger partial charge in [0.1, 0.15) is 5.75 Å². The molecule has 1 atom stereocenters. The van der Waals surface area contributed by atoms with E-state index in [9.17, 15) is 0 Å². The fourth-order valence-corrected chi connectivity index (χ4v) is 3.46. The normalized spacial score (nSPS) is 21.5. The highest BCUT2D eigenvalue weighted by molar-refractivity contribution is 5.79. The second kappa shape index (κ2) is 9.66. The van der Waals surface area contributed by atoms with Gasteiger partial charge in [-0.05, 0) is 51.5 Å². The summed E-state index contributed by atoms with van der Waals surface area (Å²) in [4.78, 5) is 4.74. The van der Waals surface area contributed by atoms with Crippen molar-refractivity contribution in [2.75, 3.05) is 19.7 Å². The quantitative estimate of drug-likeness (QED) is 0.588. The highest BCUT2D eigenvalue weighted by Gasteiger charge is 2.18. The molecule has 1 saturated carbocycles.